The fraction of sp³-hybridized carbons (Fsp3) is 0.353. The number of rotatable bonds is 6. The number of pyridine rings is 1. The summed E-state index contributed by atoms with van der Waals surface area (Å²) in [5, 5.41) is 13.0. The van der Waals surface area contributed by atoms with Crippen LogP contribution < -0.4 is 21.3 Å². The number of aliphatic hydroxyl groups is 1. The van der Waals surface area contributed by atoms with Gasteiger partial charge in [0.25, 0.3) is 11.5 Å². The quantitative estimate of drug-likeness (QED) is 0.349. The number of aryl methyl sites for hydroxylation is 2. The lowest BCUT2D eigenvalue weighted by Crippen LogP contribution is -2.59. The van der Waals surface area contributed by atoms with Gasteiger partial charge in [-0.25, -0.2) is 9.78 Å². The minimum atomic E-state index is -0.650. The van der Waals surface area contributed by atoms with Crippen LogP contribution >= 0.6 is 0 Å². The third kappa shape index (κ3) is 4.74. The number of benzene rings is 2. The molecule has 3 heterocycles. The van der Waals surface area contributed by atoms with Crippen LogP contribution in [0.1, 0.15) is 52.0 Å². The molecule has 228 valence electrons. The number of amides is 1. The minimum Gasteiger partial charge on any atom is -0.481 e. The predicted molar refractivity (Wildman–Crippen MR) is 169 cm³/mol. The molecule has 4 aromatic rings. The number of β-amino-alcohol motifs (C(OH)–C–C–N with tert-alkyl or cyclic N) is 1. The van der Waals surface area contributed by atoms with Crippen molar-refractivity contribution in [2.75, 3.05) is 19.0 Å². The van der Waals surface area contributed by atoms with Crippen molar-refractivity contribution in [1.29, 1.82) is 0 Å². The molecule has 0 radical (unpaired) electrons. The highest BCUT2D eigenvalue weighted by Crippen LogP contribution is 2.46. The predicted octanol–water partition coefficient (Wildman–Crippen LogP) is 3.74. The first kappa shape index (κ1) is 29.5. The molecule has 2 N–H and O–H groups in total. The molecule has 1 amide bonds. The number of aliphatic hydroxyl groups excluding tert-OH is 1. The highest BCUT2D eigenvalue weighted by atomic mass is 16.5. The van der Waals surface area contributed by atoms with E-state index in [1.54, 1.807) is 13.2 Å². The molecule has 1 unspecified atom stereocenters. The molecule has 3 atom stereocenters. The van der Waals surface area contributed by atoms with E-state index in [1.807, 2.05) is 31.2 Å². The molecule has 1 aliphatic heterocycles. The molecule has 1 aliphatic carbocycles. The lowest BCUT2D eigenvalue weighted by atomic mass is 9.91. The Kier molecular flexibility index (Phi) is 7.51. The van der Waals surface area contributed by atoms with Crippen molar-refractivity contribution in [3.05, 3.63) is 97.3 Å². The van der Waals surface area contributed by atoms with E-state index in [2.05, 4.69) is 36.2 Å². The monoisotopic (exact) mass is 595 g/mol. The van der Waals surface area contributed by atoms with Crippen molar-refractivity contribution in [3.8, 4) is 28.3 Å². The molecule has 2 aromatic carbocycles. The van der Waals surface area contributed by atoms with Crippen LogP contribution in [-0.2, 0) is 20.5 Å². The van der Waals surface area contributed by atoms with Crippen LogP contribution in [0.3, 0.4) is 0 Å². The number of nitrogens with one attached hydrogen (secondary N) is 1. The minimum absolute atomic E-state index is 0.115. The first-order chi connectivity index (χ1) is 21.0. The fourth-order valence-corrected chi connectivity index (χ4v) is 6.66. The van der Waals surface area contributed by atoms with Gasteiger partial charge in [-0.05, 0) is 73.6 Å². The van der Waals surface area contributed by atoms with Crippen LogP contribution in [0.2, 0.25) is 0 Å². The Hall–Kier alpha value is -4.54. The zero-order valence-corrected chi connectivity index (χ0v) is 25.8. The normalized spacial score (nSPS) is 19.4. The molecular formula is C34H37N5O5. The first-order valence-electron chi connectivity index (χ1n) is 14.8. The highest BCUT2D eigenvalue weighted by molar-refractivity contribution is 6.04. The van der Waals surface area contributed by atoms with Crippen LogP contribution in [0.5, 0.6) is 5.88 Å². The number of ether oxygens (including phenoxy) is 1. The van der Waals surface area contributed by atoms with Gasteiger partial charge >= 0.3 is 5.69 Å². The molecule has 10 nitrogen and oxygen atoms in total. The van der Waals surface area contributed by atoms with Crippen LogP contribution in [0, 0.1) is 13.8 Å². The van der Waals surface area contributed by atoms with E-state index in [0.29, 0.717) is 18.1 Å². The topological polar surface area (TPSA) is 119 Å². The van der Waals surface area contributed by atoms with Crippen molar-refractivity contribution in [2.45, 2.75) is 51.8 Å². The van der Waals surface area contributed by atoms with Gasteiger partial charge in [0.05, 0.1) is 18.9 Å². The van der Waals surface area contributed by atoms with E-state index >= 15 is 0 Å². The van der Waals surface area contributed by atoms with Gasteiger partial charge in [-0.3, -0.25) is 19.1 Å². The Morgan fingerprint density at radius 3 is 2.41 bits per heavy atom. The number of nitrogens with zero attached hydrogens (tertiary/aromatic N) is 4. The van der Waals surface area contributed by atoms with Gasteiger partial charge in [-0.1, -0.05) is 30.3 Å². The molecule has 1 saturated heterocycles. The lowest BCUT2D eigenvalue weighted by Gasteiger charge is -2.47. The molecule has 44 heavy (non-hydrogen) atoms. The molecule has 6 rings (SSSR count). The standard InChI is InChI=1S/C34H37N5O5/c1-18-22(23-10-8-12-26(19(23)2)35-31(41)25-16-37(4)34(43)38(5)33(25)42)9-7-11-24(18)27-15-21-13-14-28(30(21)32(36-27)44-6)39-17-29(40)20(39)3/h7-12,15-16,20,28-29,40H,13-14,17H2,1-6H3,(H,35,41)/t20-,28?,29+/m0/s1. The number of aromatic nitrogens is 3. The summed E-state index contributed by atoms with van der Waals surface area (Å²) in [7, 11) is 4.51. The van der Waals surface area contributed by atoms with E-state index in [9.17, 15) is 19.5 Å². The van der Waals surface area contributed by atoms with E-state index in [-0.39, 0.29) is 23.8 Å². The first-order valence-corrected chi connectivity index (χ1v) is 14.8. The number of carbonyl (C=O) groups excluding carboxylic acids is 1. The number of likely N-dealkylation sites (tertiary alicyclic amines) is 1. The van der Waals surface area contributed by atoms with Gasteiger partial charge in [-0.2, -0.15) is 0 Å². The zero-order valence-electron chi connectivity index (χ0n) is 25.8. The van der Waals surface area contributed by atoms with Gasteiger partial charge in [0.15, 0.2) is 0 Å². The second-order valence-corrected chi connectivity index (χ2v) is 11.9. The van der Waals surface area contributed by atoms with Crippen molar-refractivity contribution < 1.29 is 14.6 Å². The number of fused-ring (bicyclic) bond motifs is 1. The van der Waals surface area contributed by atoms with Crippen molar-refractivity contribution in [1.82, 2.24) is 19.0 Å². The third-order valence-electron chi connectivity index (χ3n) is 9.37. The fourth-order valence-electron chi connectivity index (χ4n) is 6.66. The smallest absolute Gasteiger partial charge is 0.330 e. The van der Waals surface area contributed by atoms with Crippen LogP contribution in [0.4, 0.5) is 5.69 Å². The maximum Gasteiger partial charge on any atom is 0.330 e. The summed E-state index contributed by atoms with van der Waals surface area (Å²) in [5.74, 6) is 0.0469. The highest BCUT2D eigenvalue weighted by Gasteiger charge is 2.43. The largest absolute Gasteiger partial charge is 0.481 e. The number of hydrogen-bond acceptors (Lipinski definition) is 7. The summed E-state index contributed by atoms with van der Waals surface area (Å²) in [6.07, 6.45) is 2.86. The van der Waals surface area contributed by atoms with E-state index < -0.39 is 17.2 Å². The molecule has 10 heteroatoms. The maximum atomic E-state index is 13.2. The van der Waals surface area contributed by atoms with Crippen LogP contribution in [0.15, 0.2) is 58.3 Å². The Bertz CT molecular complexity index is 1930. The lowest BCUT2D eigenvalue weighted by molar-refractivity contribution is -0.0778. The second-order valence-electron chi connectivity index (χ2n) is 11.9. The van der Waals surface area contributed by atoms with Crippen LogP contribution in [0.25, 0.3) is 22.4 Å². The van der Waals surface area contributed by atoms with Gasteiger partial charge in [-0.15, -0.1) is 0 Å². The van der Waals surface area contributed by atoms with Gasteiger partial charge in [0.2, 0.25) is 5.88 Å². The third-order valence-corrected chi connectivity index (χ3v) is 9.37. The molecule has 2 aliphatic rings. The van der Waals surface area contributed by atoms with Crippen molar-refractivity contribution in [3.63, 3.8) is 0 Å². The summed E-state index contributed by atoms with van der Waals surface area (Å²) in [4.78, 5) is 45.2. The van der Waals surface area contributed by atoms with Gasteiger partial charge in [0, 0.05) is 55.7 Å². The van der Waals surface area contributed by atoms with Crippen molar-refractivity contribution >= 4 is 11.6 Å². The molecule has 2 aromatic heterocycles. The molecule has 0 bridgehead atoms. The van der Waals surface area contributed by atoms with Gasteiger partial charge < -0.3 is 19.7 Å². The summed E-state index contributed by atoms with van der Waals surface area (Å²) < 4.78 is 7.98. The number of hydrogen-bond donors (Lipinski definition) is 2. The van der Waals surface area contributed by atoms with Crippen molar-refractivity contribution in [2.24, 2.45) is 14.1 Å². The molecule has 0 spiro atoms. The Morgan fingerprint density at radius 2 is 1.73 bits per heavy atom. The Morgan fingerprint density at radius 1 is 1.05 bits per heavy atom. The Labute approximate surface area is 255 Å². The van der Waals surface area contributed by atoms with Crippen LogP contribution in [-0.4, -0.2) is 55.8 Å². The average Bonchev–Trinajstić information content (AvgIpc) is 3.44. The summed E-state index contributed by atoms with van der Waals surface area (Å²) in [5.41, 5.74) is 7.29. The van der Waals surface area contributed by atoms with E-state index in [1.165, 1.54) is 30.4 Å². The second kappa shape index (κ2) is 11.2. The molecule has 1 fully saturated rings. The SMILES string of the molecule is COc1nc(-c2cccc(-c3cccc(NC(=O)c4cn(C)c(=O)n(C)c4=O)c3C)c2C)cc2c1C(N1C[C@@H](O)[C@@H]1C)CC2. The average molecular weight is 596 g/mol. The molecule has 0 saturated carbocycles. The summed E-state index contributed by atoms with van der Waals surface area (Å²) in [6.45, 7) is 6.72. The number of anilines is 1. The maximum absolute atomic E-state index is 13.2. The zero-order chi connectivity index (χ0) is 31.4. The van der Waals surface area contributed by atoms with E-state index in [4.69, 9.17) is 9.72 Å². The summed E-state index contributed by atoms with van der Waals surface area (Å²) in [6, 6.07) is 14.3. The summed E-state index contributed by atoms with van der Waals surface area (Å²) >= 11 is 0. The van der Waals surface area contributed by atoms with Gasteiger partial charge in [0.1, 0.15) is 5.56 Å². The number of methoxy groups -OCH3 is 1. The van der Waals surface area contributed by atoms with E-state index in [0.717, 1.165) is 56.5 Å². The Balaban J connectivity index is 1.34. The number of carbonyl (C=O) groups is 1. The molecular weight excluding hydrogens is 558 g/mol.